The number of nitrogens with zero attached hydrogens (tertiary/aromatic N) is 1. The molecule has 0 spiro atoms. The molecule has 1 heterocycles. The van der Waals surface area contributed by atoms with Crippen LogP contribution < -0.4 is 5.56 Å². The molecular formula is C18H21NO3. The van der Waals surface area contributed by atoms with E-state index in [-0.39, 0.29) is 11.5 Å². The van der Waals surface area contributed by atoms with Crippen molar-refractivity contribution in [3.63, 3.8) is 0 Å². The minimum absolute atomic E-state index is 0.187. The fraction of sp³-hybridized carbons (Fsp3) is 0.333. The third kappa shape index (κ3) is 3.11. The van der Waals surface area contributed by atoms with Gasteiger partial charge in [-0.2, -0.15) is 0 Å². The fourth-order valence-corrected chi connectivity index (χ4v) is 2.44. The highest BCUT2D eigenvalue weighted by Crippen LogP contribution is 2.22. The summed E-state index contributed by atoms with van der Waals surface area (Å²) in [6.45, 7) is 8.56. The quantitative estimate of drug-likeness (QED) is 0.940. The van der Waals surface area contributed by atoms with Crippen molar-refractivity contribution in [2.75, 3.05) is 0 Å². The van der Waals surface area contributed by atoms with Crippen LogP contribution in [0.1, 0.15) is 35.3 Å². The van der Waals surface area contributed by atoms with Crippen LogP contribution in [-0.2, 0) is 6.54 Å². The predicted octanol–water partition coefficient (Wildman–Crippen LogP) is 3.49. The van der Waals surface area contributed by atoms with Crippen LogP contribution in [0.3, 0.4) is 0 Å². The topological polar surface area (TPSA) is 59.3 Å². The maximum atomic E-state index is 12.5. The lowest BCUT2D eigenvalue weighted by Crippen LogP contribution is -2.29. The number of pyridine rings is 1. The maximum absolute atomic E-state index is 12.5. The first kappa shape index (κ1) is 16.0. The van der Waals surface area contributed by atoms with Gasteiger partial charge >= 0.3 is 5.97 Å². The summed E-state index contributed by atoms with van der Waals surface area (Å²) in [7, 11) is 0. The highest BCUT2D eigenvalue weighted by atomic mass is 16.4. The van der Waals surface area contributed by atoms with Crippen LogP contribution in [0.5, 0.6) is 0 Å². The average molecular weight is 299 g/mol. The van der Waals surface area contributed by atoms with Crippen LogP contribution in [0.15, 0.2) is 35.1 Å². The molecule has 4 heteroatoms. The van der Waals surface area contributed by atoms with E-state index in [2.05, 4.69) is 0 Å². The van der Waals surface area contributed by atoms with Crippen molar-refractivity contribution in [1.82, 2.24) is 4.57 Å². The van der Waals surface area contributed by atoms with Gasteiger partial charge in [0.1, 0.15) is 5.56 Å². The molecule has 0 radical (unpaired) electrons. The van der Waals surface area contributed by atoms with Crippen LogP contribution in [0.25, 0.3) is 11.3 Å². The molecule has 0 aliphatic heterocycles. The first-order valence-corrected chi connectivity index (χ1v) is 7.36. The molecule has 0 fully saturated rings. The molecule has 0 atom stereocenters. The van der Waals surface area contributed by atoms with Gasteiger partial charge in [0.25, 0.3) is 5.56 Å². The van der Waals surface area contributed by atoms with Crippen molar-refractivity contribution in [3.05, 3.63) is 57.4 Å². The van der Waals surface area contributed by atoms with Crippen molar-refractivity contribution in [3.8, 4) is 11.3 Å². The number of carbonyl (C=O) groups is 1. The number of aromatic carboxylic acids is 1. The van der Waals surface area contributed by atoms with Gasteiger partial charge in [-0.1, -0.05) is 26.0 Å². The Labute approximate surface area is 130 Å². The molecule has 2 rings (SSSR count). The molecule has 0 aliphatic carbocycles. The van der Waals surface area contributed by atoms with Gasteiger partial charge in [-0.15, -0.1) is 0 Å². The van der Waals surface area contributed by atoms with Gasteiger partial charge < -0.3 is 9.67 Å². The second-order valence-electron chi connectivity index (χ2n) is 6.05. The number of carboxylic acids is 1. The van der Waals surface area contributed by atoms with Crippen molar-refractivity contribution in [2.24, 2.45) is 5.92 Å². The molecular weight excluding hydrogens is 278 g/mol. The van der Waals surface area contributed by atoms with Gasteiger partial charge in [0.2, 0.25) is 0 Å². The smallest absolute Gasteiger partial charge is 0.341 e. The summed E-state index contributed by atoms with van der Waals surface area (Å²) in [5.41, 5.74) is 3.38. The van der Waals surface area contributed by atoms with Gasteiger partial charge in [0.15, 0.2) is 0 Å². The van der Waals surface area contributed by atoms with Gasteiger partial charge in [-0.25, -0.2) is 4.79 Å². The maximum Gasteiger partial charge on any atom is 0.341 e. The van der Waals surface area contributed by atoms with Gasteiger partial charge in [-0.05, 0) is 54.7 Å². The number of aromatic nitrogens is 1. The predicted molar refractivity (Wildman–Crippen MR) is 87.4 cm³/mol. The normalized spacial score (nSPS) is 11.0. The first-order valence-electron chi connectivity index (χ1n) is 7.36. The van der Waals surface area contributed by atoms with E-state index in [0.29, 0.717) is 6.54 Å². The molecule has 0 amide bonds. The van der Waals surface area contributed by atoms with Crippen molar-refractivity contribution < 1.29 is 9.90 Å². The summed E-state index contributed by atoms with van der Waals surface area (Å²) < 4.78 is 1.57. The molecule has 22 heavy (non-hydrogen) atoms. The molecule has 116 valence electrons. The summed E-state index contributed by atoms with van der Waals surface area (Å²) in [5, 5.41) is 9.15. The Kier molecular flexibility index (Phi) is 4.50. The number of aryl methyl sites for hydroxylation is 2. The lowest BCUT2D eigenvalue weighted by atomic mass is 10.0. The molecule has 0 saturated carbocycles. The minimum Gasteiger partial charge on any atom is -0.477 e. The monoisotopic (exact) mass is 299 g/mol. The molecule has 2 aromatic rings. The fourth-order valence-electron chi connectivity index (χ4n) is 2.44. The van der Waals surface area contributed by atoms with E-state index in [1.165, 1.54) is 11.6 Å². The lowest BCUT2D eigenvalue weighted by molar-refractivity contribution is 0.0694. The van der Waals surface area contributed by atoms with E-state index < -0.39 is 11.5 Å². The van der Waals surface area contributed by atoms with Crippen LogP contribution in [0, 0.1) is 19.8 Å². The van der Waals surface area contributed by atoms with Crippen molar-refractivity contribution >= 4 is 5.97 Å². The number of hydrogen-bond acceptors (Lipinski definition) is 2. The highest BCUT2D eigenvalue weighted by molar-refractivity contribution is 5.87. The average Bonchev–Trinajstić information content (AvgIpc) is 2.43. The summed E-state index contributed by atoms with van der Waals surface area (Å²) in [4.78, 5) is 23.7. The molecule has 4 nitrogen and oxygen atoms in total. The number of benzene rings is 1. The Morgan fingerprint density at radius 2 is 1.82 bits per heavy atom. The van der Waals surface area contributed by atoms with Crippen LogP contribution in [0.2, 0.25) is 0 Å². The van der Waals surface area contributed by atoms with E-state index in [1.807, 2.05) is 45.9 Å². The van der Waals surface area contributed by atoms with E-state index in [1.54, 1.807) is 10.6 Å². The number of rotatable bonds is 4. The second-order valence-corrected chi connectivity index (χ2v) is 6.05. The largest absolute Gasteiger partial charge is 0.477 e. The minimum atomic E-state index is -1.19. The zero-order valence-corrected chi connectivity index (χ0v) is 13.4. The Morgan fingerprint density at radius 3 is 2.36 bits per heavy atom. The molecule has 1 N–H and O–H groups in total. The standard InChI is InChI=1S/C18H21NO3/c1-11(2)10-19-16(8-7-15(17(19)20)18(21)22)14-6-5-12(3)13(4)9-14/h5-9,11H,10H2,1-4H3,(H,21,22). The zero-order chi connectivity index (χ0) is 16.4. The summed E-state index contributed by atoms with van der Waals surface area (Å²) in [6, 6.07) is 9.12. The van der Waals surface area contributed by atoms with Crippen LogP contribution in [-0.4, -0.2) is 15.6 Å². The first-order chi connectivity index (χ1) is 10.3. The third-order valence-corrected chi connectivity index (χ3v) is 3.76. The number of carboxylic acid groups (broad SMARTS) is 1. The third-order valence-electron chi connectivity index (χ3n) is 3.76. The van der Waals surface area contributed by atoms with E-state index in [9.17, 15) is 9.59 Å². The number of hydrogen-bond donors (Lipinski definition) is 1. The Morgan fingerprint density at radius 1 is 1.14 bits per heavy atom. The molecule has 0 unspecified atom stereocenters. The van der Waals surface area contributed by atoms with E-state index in [4.69, 9.17) is 5.11 Å². The van der Waals surface area contributed by atoms with E-state index >= 15 is 0 Å². The van der Waals surface area contributed by atoms with Gasteiger partial charge in [0, 0.05) is 6.54 Å². The SMILES string of the molecule is Cc1ccc(-c2ccc(C(=O)O)c(=O)n2CC(C)C)cc1C. The van der Waals surface area contributed by atoms with Crippen molar-refractivity contribution in [1.29, 1.82) is 0 Å². The second kappa shape index (κ2) is 6.18. The Balaban J connectivity index is 2.69. The van der Waals surface area contributed by atoms with Crippen molar-refractivity contribution in [2.45, 2.75) is 34.2 Å². The summed E-state index contributed by atoms with van der Waals surface area (Å²) >= 11 is 0. The summed E-state index contributed by atoms with van der Waals surface area (Å²) in [6.07, 6.45) is 0. The molecule has 0 aliphatic rings. The Hall–Kier alpha value is -2.36. The molecule has 1 aromatic carbocycles. The van der Waals surface area contributed by atoms with Crippen LogP contribution >= 0.6 is 0 Å². The lowest BCUT2D eigenvalue weighted by Gasteiger charge is -2.16. The Bertz CT molecular complexity index is 772. The van der Waals surface area contributed by atoms with E-state index in [0.717, 1.165) is 16.8 Å². The van der Waals surface area contributed by atoms with Gasteiger partial charge in [0.05, 0.1) is 5.69 Å². The summed E-state index contributed by atoms with van der Waals surface area (Å²) in [5.74, 6) is -0.943. The van der Waals surface area contributed by atoms with Gasteiger partial charge in [-0.3, -0.25) is 4.79 Å². The molecule has 0 saturated heterocycles. The highest BCUT2D eigenvalue weighted by Gasteiger charge is 2.16. The van der Waals surface area contributed by atoms with Crippen LogP contribution in [0.4, 0.5) is 0 Å². The zero-order valence-electron chi connectivity index (χ0n) is 13.4. The molecule has 0 bridgehead atoms. The molecule has 1 aromatic heterocycles.